The number of aromatic nitrogens is 3. The summed E-state index contributed by atoms with van der Waals surface area (Å²) in [5.41, 5.74) is 1.00. The highest BCUT2D eigenvalue weighted by atomic mass is 79.9. The van der Waals surface area contributed by atoms with Crippen LogP contribution in [-0.4, -0.2) is 26.0 Å². The number of nitro groups is 1. The Morgan fingerprint density at radius 3 is 2.62 bits per heavy atom. The van der Waals surface area contributed by atoms with Gasteiger partial charge >= 0.3 is 0 Å². The van der Waals surface area contributed by atoms with Gasteiger partial charge in [-0.3, -0.25) is 25.3 Å². The van der Waals surface area contributed by atoms with Crippen LogP contribution in [0.1, 0.15) is 10.4 Å². The lowest BCUT2D eigenvalue weighted by molar-refractivity contribution is -0.384. The van der Waals surface area contributed by atoms with Crippen molar-refractivity contribution in [2.45, 2.75) is 0 Å². The zero-order valence-electron chi connectivity index (χ0n) is 12.1. The van der Waals surface area contributed by atoms with E-state index in [2.05, 4.69) is 36.4 Å². The number of carbonyl (C=O) groups is 1. The van der Waals surface area contributed by atoms with Crippen LogP contribution in [0.2, 0.25) is 0 Å². The van der Waals surface area contributed by atoms with Crippen molar-refractivity contribution in [1.82, 2.24) is 15.2 Å². The zero-order chi connectivity index (χ0) is 17.1. The number of hydrogen-bond acceptors (Lipinski definition) is 5. The second-order valence-electron chi connectivity index (χ2n) is 4.78. The van der Waals surface area contributed by atoms with Crippen molar-refractivity contribution in [3.63, 3.8) is 0 Å². The molecule has 2 N–H and O–H groups in total. The smallest absolute Gasteiger partial charge is 0.269 e. The van der Waals surface area contributed by atoms with E-state index in [1.807, 2.05) is 24.3 Å². The minimum absolute atomic E-state index is 0.0821. The van der Waals surface area contributed by atoms with E-state index in [-0.39, 0.29) is 17.2 Å². The zero-order valence-corrected chi connectivity index (χ0v) is 13.6. The van der Waals surface area contributed by atoms with E-state index in [0.717, 1.165) is 10.0 Å². The molecule has 0 aliphatic heterocycles. The topological polar surface area (TPSA) is 114 Å². The fraction of sp³-hybridized carbons (Fsp3) is 0. The molecule has 9 heteroatoms. The maximum atomic E-state index is 12.1. The van der Waals surface area contributed by atoms with Crippen molar-refractivity contribution in [3.05, 3.63) is 68.7 Å². The van der Waals surface area contributed by atoms with Gasteiger partial charge in [0, 0.05) is 27.7 Å². The van der Waals surface area contributed by atoms with E-state index in [0.29, 0.717) is 5.82 Å². The number of nitrogens with one attached hydrogen (secondary N) is 2. The van der Waals surface area contributed by atoms with E-state index >= 15 is 0 Å². The maximum Gasteiger partial charge on any atom is 0.269 e. The second kappa shape index (κ2) is 6.59. The molecule has 2 aromatic carbocycles. The summed E-state index contributed by atoms with van der Waals surface area (Å²) in [6, 6.07) is 12.7. The van der Waals surface area contributed by atoms with Crippen LogP contribution in [0.4, 0.5) is 11.6 Å². The molecular formula is C15H10BrN5O3. The van der Waals surface area contributed by atoms with Crippen molar-refractivity contribution < 1.29 is 9.72 Å². The van der Waals surface area contributed by atoms with Crippen LogP contribution in [0.25, 0.3) is 11.4 Å². The van der Waals surface area contributed by atoms with Gasteiger partial charge in [0.05, 0.1) is 4.92 Å². The SMILES string of the molecule is O=C(Nc1n[nH]c(-c2cccc(Br)c2)n1)c1ccc([N+](=O)[O-])cc1. The van der Waals surface area contributed by atoms with Crippen molar-refractivity contribution in [2.75, 3.05) is 5.32 Å². The highest BCUT2D eigenvalue weighted by molar-refractivity contribution is 9.10. The molecule has 0 fully saturated rings. The number of amides is 1. The Morgan fingerprint density at radius 1 is 1.21 bits per heavy atom. The van der Waals surface area contributed by atoms with Crippen LogP contribution < -0.4 is 5.32 Å². The second-order valence-corrected chi connectivity index (χ2v) is 5.69. The first-order valence-electron chi connectivity index (χ1n) is 6.77. The molecule has 0 aliphatic carbocycles. The third-order valence-corrected chi connectivity index (χ3v) is 3.64. The Labute approximate surface area is 144 Å². The molecule has 0 aliphatic rings. The number of hydrogen-bond donors (Lipinski definition) is 2. The van der Waals surface area contributed by atoms with E-state index in [1.165, 1.54) is 24.3 Å². The lowest BCUT2D eigenvalue weighted by atomic mass is 10.2. The highest BCUT2D eigenvalue weighted by Crippen LogP contribution is 2.20. The van der Waals surface area contributed by atoms with Crippen LogP contribution in [0.3, 0.4) is 0 Å². The summed E-state index contributed by atoms with van der Waals surface area (Å²) < 4.78 is 0.896. The molecule has 0 saturated carbocycles. The van der Waals surface area contributed by atoms with Crippen LogP contribution in [0, 0.1) is 10.1 Å². The first-order chi connectivity index (χ1) is 11.5. The number of non-ortho nitro benzene ring substituents is 1. The lowest BCUT2D eigenvalue weighted by Gasteiger charge is -2.00. The van der Waals surface area contributed by atoms with E-state index in [9.17, 15) is 14.9 Å². The molecule has 1 amide bonds. The van der Waals surface area contributed by atoms with Gasteiger partial charge in [0.15, 0.2) is 5.82 Å². The quantitative estimate of drug-likeness (QED) is 0.525. The largest absolute Gasteiger partial charge is 0.289 e. The molecule has 8 nitrogen and oxygen atoms in total. The molecule has 0 saturated heterocycles. The van der Waals surface area contributed by atoms with Crippen LogP contribution in [0.15, 0.2) is 53.0 Å². The Kier molecular flexibility index (Phi) is 4.34. The summed E-state index contributed by atoms with van der Waals surface area (Å²) in [7, 11) is 0. The van der Waals surface area contributed by atoms with Gasteiger partial charge in [-0.2, -0.15) is 4.98 Å². The molecule has 0 spiro atoms. The minimum atomic E-state index is -0.527. The number of benzene rings is 2. The number of nitrogens with zero attached hydrogens (tertiary/aromatic N) is 3. The molecular weight excluding hydrogens is 378 g/mol. The Hall–Kier alpha value is -3.07. The summed E-state index contributed by atoms with van der Waals surface area (Å²) in [5.74, 6) is 0.174. The summed E-state index contributed by atoms with van der Waals surface area (Å²) in [5, 5.41) is 19.8. The molecule has 0 bridgehead atoms. The fourth-order valence-corrected chi connectivity index (χ4v) is 2.39. The van der Waals surface area contributed by atoms with E-state index < -0.39 is 10.8 Å². The third kappa shape index (κ3) is 3.46. The van der Waals surface area contributed by atoms with Gasteiger partial charge in [0.2, 0.25) is 5.95 Å². The van der Waals surface area contributed by atoms with Crippen LogP contribution in [0.5, 0.6) is 0 Å². The number of rotatable bonds is 4. The van der Waals surface area contributed by atoms with Crippen molar-refractivity contribution in [3.8, 4) is 11.4 Å². The molecule has 3 rings (SSSR count). The van der Waals surface area contributed by atoms with Crippen molar-refractivity contribution in [2.24, 2.45) is 0 Å². The fourth-order valence-electron chi connectivity index (χ4n) is 1.99. The van der Waals surface area contributed by atoms with Gasteiger partial charge in [-0.15, -0.1) is 5.10 Å². The number of H-pyrrole nitrogens is 1. The normalized spacial score (nSPS) is 10.4. The van der Waals surface area contributed by atoms with Crippen LogP contribution in [-0.2, 0) is 0 Å². The molecule has 0 unspecified atom stereocenters. The van der Waals surface area contributed by atoms with Gasteiger partial charge in [-0.05, 0) is 24.3 Å². The number of aromatic amines is 1. The van der Waals surface area contributed by atoms with Gasteiger partial charge in [-0.1, -0.05) is 28.1 Å². The van der Waals surface area contributed by atoms with Crippen LogP contribution >= 0.6 is 15.9 Å². The van der Waals surface area contributed by atoms with E-state index in [4.69, 9.17) is 0 Å². The summed E-state index contributed by atoms with van der Waals surface area (Å²) in [6.45, 7) is 0. The van der Waals surface area contributed by atoms with Gasteiger partial charge in [-0.25, -0.2) is 0 Å². The molecule has 120 valence electrons. The molecule has 1 heterocycles. The monoisotopic (exact) mass is 387 g/mol. The standard InChI is InChI=1S/C15H10BrN5O3/c16-11-3-1-2-10(8-11)13-17-15(20-19-13)18-14(22)9-4-6-12(7-5-9)21(23)24/h1-8H,(H2,17,18,19,20,22). The Bertz CT molecular complexity index is 907. The number of carbonyl (C=O) groups excluding carboxylic acids is 1. The predicted molar refractivity (Wildman–Crippen MR) is 90.6 cm³/mol. The number of halogens is 1. The lowest BCUT2D eigenvalue weighted by Crippen LogP contribution is -2.12. The van der Waals surface area contributed by atoms with Gasteiger partial charge < -0.3 is 0 Å². The van der Waals surface area contributed by atoms with Gasteiger partial charge in [0.25, 0.3) is 11.6 Å². The average Bonchev–Trinajstić information content (AvgIpc) is 3.03. The summed E-state index contributed by atoms with van der Waals surface area (Å²) in [4.78, 5) is 26.4. The number of nitro benzene ring substituents is 1. The third-order valence-electron chi connectivity index (χ3n) is 3.15. The molecule has 3 aromatic rings. The first kappa shape index (κ1) is 15.8. The van der Waals surface area contributed by atoms with Crippen molar-refractivity contribution >= 4 is 33.5 Å². The minimum Gasteiger partial charge on any atom is -0.289 e. The summed E-state index contributed by atoms with van der Waals surface area (Å²) >= 11 is 3.37. The Morgan fingerprint density at radius 2 is 1.96 bits per heavy atom. The molecule has 0 atom stereocenters. The van der Waals surface area contributed by atoms with Gasteiger partial charge in [0.1, 0.15) is 0 Å². The summed E-state index contributed by atoms with van der Waals surface area (Å²) in [6.07, 6.45) is 0. The first-order valence-corrected chi connectivity index (χ1v) is 7.56. The van der Waals surface area contributed by atoms with Crippen molar-refractivity contribution in [1.29, 1.82) is 0 Å². The van der Waals surface area contributed by atoms with E-state index in [1.54, 1.807) is 0 Å². The maximum absolute atomic E-state index is 12.1. The Balaban J connectivity index is 1.74. The molecule has 0 radical (unpaired) electrons. The predicted octanol–water partition coefficient (Wildman–Crippen LogP) is 3.39. The highest BCUT2D eigenvalue weighted by Gasteiger charge is 2.12. The molecule has 1 aromatic heterocycles. The average molecular weight is 388 g/mol. The number of anilines is 1. The molecule has 24 heavy (non-hydrogen) atoms.